The van der Waals surface area contributed by atoms with Gasteiger partial charge in [-0.1, -0.05) is 36.7 Å². The van der Waals surface area contributed by atoms with Crippen molar-refractivity contribution in [3.8, 4) is 0 Å². The summed E-state index contributed by atoms with van der Waals surface area (Å²) in [5, 5.41) is 7.47. The second kappa shape index (κ2) is 6.46. The topological polar surface area (TPSA) is 45.7 Å². The highest BCUT2D eigenvalue weighted by molar-refractivity contribution is 6.31. The molecule has 110 valence electrons. The van der Waals surface area contributed by atoms with Crippen LogP contribution in [0, 0.1) is 5.41 Å². The molecule has 1 aromatic rings. The Hall–Kier alpha value is -1.26. The van der Waals surface area contributed by atoms with E-state index in [9.17, 15) is 0 Å². The van der Waals surface area contributed by atoms with E-state index in [0.717, 1.165) is 36.3 Å². The van der Waals surface area contributed by atoms with Crippen LogP contribution in [0.4, 0.5) is 0 Å². The van der Waals surface area contributed by atoms with Crippen LogP contribution >= 0.6 is 11.6 Å². The molecule has 0 aliphatic carbocycles. The molecule has 1 fully saturated rings. The summed E-state index contributed by atoms with van der Waals surface area (Å²) in [6.45, 7) is 6.73. The van der Waals surface area contributed by atoms with E-state index in [1.165, 1.54) is 0 Å². The Bertz CT molecular complexity index is 486. The molecule has 4 nitrogen and oxygen atoms in total. The summed E-state index contributed by atoms with van der Waals surface area (Å²) in [5.41, 5.74) is 1.28. The zero-order chi connectivity index (χ0) is 14.6. The van der Waals surface area contributed by atoms with Crippen molar-refractivity contribution in [3.05, 3.63) is 34.9 Å². The van der Waals surface area contributed by atoms with Crippen LogP contribution in [-0.4, -0.2) is 32.8 Å². The van der Waals surface area contributed by atoms with Gasteiger partial charge in [-0.2, -0.15) is 0 Å². The fourth-order valence-electron chi connectivity index (χ4n) is 2.15. The molecule has 0 spiro atoms. The van der Waals surface area contributed by atoms with Crippen LogP contribution in [0.25, 0.3) is 0 Å². The number of aliphatic imine (C=N–C) groups is 1. The Morgan fingerprint density at radius 3 is 2.70 bits per heavy atom. The minimum atomic E-state index is 0.0975. The first kappa shape index (κ1) is 15.1. The number of benzene rings is 1. The number of nitrogens with one attached hydrogen (secondary N) is 2. The van der Waals surface area contributed by atoms with Gasteiger partial charge in [0.15, 0.2) is 5.96 Å². The summed E-state index contributed by atoms with van der Waals surface area (Å²) in [4.78, 5) is 4.26. The number of hydrogen-bond donors (Lipinski definition) is 2. The van der Waals surface area contributed by atoms with E-state index < -0.39 is 0 Å². The molecule has 0 amide bonds. The molecule has 1 aromatic carbocycles. The van der Waals surface area contributed by atoms with Crippen molar-refractivity contribution in [1.29, 1.82) is 0 Å². The Kier molecular flexibility index (Phi) is 4.89. The molecule has 1 aliphatic rings. The lowest BCUT2D eigenvalue weighted by Gasteiger charge is -2.38. The lowest BCUT2D eigenvalue weighted by atomic mass is 9.89. The Morgan fingerprint density at radius 2 is 2.15 bits per heavy atom. The van der Waals surface area contributed by atoms with Crippen LogP contribution in [0.5, 0.6) is 0 Å². The van der Waals surface area contributed by atoms with E-state index >= 15 is 0 Å². The number of rotatable bonds is 4. The summed E-state index contributed by atoms with van der Waals surface area (Å²) in [5.74, 6) is 0.783. The molecular formula is C15H22ClN3O. The highest BCUT2D eigenvalue weighted by atomic mass is 35.5. The normalized spacial score (nSPS) is 19.1. The average molecular weight is 296 g/mol. The van der Waals surface area contributed by atoms with Gasteiger partial charge in [-0.15, -0.1) is 0 Å². The maximum Gasteiger partial charge on any atom is 0.191 e. The number of ether oxygens (including phenoxy) is 1. The number of nitrogens with zero attached hydrogens (tertiary/aromatic N) is 1. The second-order valence-corrected chi connectivity index (χ2v) is 6.02. The van der Waals surface area contributed by atoms with Gasteiger partial charge in [0.1, 0.15) is 0 Å². The van der Waals surface area contributed by atoms with Gasteiger partial charge in [0.2, 0.25) is 0 Å². The maximum absolute atomic E-state index is 6.21. The summed E-state index contributed by atoms with van der Waals surface area (Å²) in [6.07, 6.45) is 0. The van der Waals surface area contributed by atoms with Crippen LogP contribution in [0.15, 0.2) is 29.3 Å². The molecule has 1 atom stereocenters. The Balaban J connectivity index is 1.91. The van der Waals surface area contributed by atoms with E-state index in [4.69, 9.17) is 16.3 Å². The monoisotopic (exact) mass is 295 g/mol. The largest absolute Gasteiger partial charge is 0.380 e. The summed E-state index contributed by atoms with van der Waals surface area (Å²) >= 11 is 6.21. The molecule has 0 saturated carbocycles. The van der Waals surface area contributed by atoms with Crippen LogP contribution in [-0.2, 0) is 4.74 Å². The zero-order valence-electron chi connectivity index (χ0n) is 12.2. The molecule has 2 rings (SSSR count). The molecular weight excluding hydrogens is 274 g/mol. The third-order valence-electron chi connectivity index (χ3n) is 3.53. The Morgan fingerprint density at radius 1 is 1.45 bits per heavy atom. The predicted molar refractivity (Wildman–Crippen MR) is 83.3 cm³/mol. The highest BCUT2D eigenvalue weighted by Crippen LogP contribution is 2.25. The first-order valence-electron chi connectivity index (χ1n) is 6.83. The van der Waals surface area contributed by atoms with Crippen molar-refractivity contribution in [2.24, 2.45) is 10.4 Å². The smallest absolute Gasteiger partial charge is 0.191 e. The van der Waals surface area contributed by atoms with E-state index in [-0.39, 0.29) is 11.5 Å². The van der Waals surface area contributed by atoms with E-state index in [0.29, 0.717) is 0 Å². The molecule has 1 heterocycles. The van der Waals surface area contributed by atoms with Crippen molar-refractivity contribution in [1.82, 2.24) is 10.6 Å². The summed E-state index contributed by atoms with van der Waals surface area (Å²) in [7, 11) is 1.77. The highest BCUT2D eigenvalue weighted by Gasteiger charge is 2.33. The molecule has 0 aromatic heterocycles. The Labute approximate surface area is 125 Å². The first-order chi connectivity index (χ1) is 9.54. The third kappa shape index (κ3) is 3.64. The van der Waals surface area contributed by atoms with Crippen molar-refractivity contribution in [2.45, 2.75) is 19.9 Å². The van der Waals surface area contributed by atoms with Gasteiger partial charge in [0.05, 0.1) is 19.3 Å². The fraction of sp³-hybridized carbons (Fsp3) is 0.533. The zero-order valence-corrected chi connectivity index (χ0v) is 13.0. The number of halogens is 1. The van der Waals surface area contributed by atoms with E-state index in [1.54, 1.807) is 7.05 Å². The SMILES string of the molecule is CN=C(NCC1(C)COC1)NC(C)c1ccccc1Cl. The van der Waals surface area contributed by atoms with Gasteiger partial charge < -0.3 is 15.4 Å². The molecule has 1 unspecified atom stereocenters. The fourth-order valence-corrected chi connectivity index (χ4v) is 2.45. The minimum Gasteiger partial charge on any atom is -0.380 e. The van der Waals surface area contributed by atoms with Gasteiger partial charge in [0.25, 0.3) is 0 Å². The minimum absolute atomic E-state index is 0.0975. The van der Waals surface area contributed by atoms with Crippen molar-refractivity contribution < 1.29 is 4.74 Å². The van der Waals surface area contributed by atoms with Gasteiger partial charge in [-0.3, -0.25) is 4.99 Å². The van der Waals surface area contributed by atoms with E-state index in [1.807, 2.05) is 24.3 Å². The standard InChI is InChI=1S/C15H22ClN3O/c1-11(12-6-4-5-7-13(12)16)19-14(17-3)18-8-15(2)9-20-10-15/h4-7,11H,8-10H2,1-3H3,(H2,17,18,19). The first-order valence-corrected chi connectivity index (χ1v) is 7.21. The molecule has 20 heavy (non-hydrogen) atoms. The molecule has 2 N–H and O–H groups in total. The lowest BCUT2D eigenvalue weighted by molar-refractivity contribution is -0.0971. The van der Waals surface area contributed by atoms with Gasteiger partial charge in [0, 0.05) is 24.0 Å². The van der Waals surface area contributed by atoms with Gasteiger partial charge in [-0.05, 0) is 18.6 Å². The molecule has 1 aliphatic heterocycles. The summed E-state index contributed by atoms with van der Waals surface area (Å²) in [6, 6.07) is 7.94. The summed E-state index contributed by atoms with van der Waals surface area (Å²) < 4.78 is 5.25. The molecule has 1 saturated heterocycles. The third-order valence-corrected chi connectivity index (χ3v) is 3.88. The van der Waals surface area contributed by atoms with Gasteiger partial charge in [-0.25, -0.2) is 0 Å². The van der Waals surface area contributed by atoms with Gasteiger partial charge >= 0.3 is 0 Å². The molecule has 0 radical (unpaired) electrons. The van der Waals surface area contributed by atoms with Crippen LogP contribution in [0.2, 0.25) is 5.02 Å². The van der Waals surface area contributed by atoms with Crippen LogP contribution in [0.1, 0.15) is 25.5 Å². The second-order valence-electron chi connectivity index (χ2n) is 5.62. The molecule has 0 bridgehead atoms. The van der Waals surface area contributed by atoms with Crippen molar-refractivity contribution in [2.75, 3.05) is 26.8 Å². The predicted octanol–water partition coefficient (Wildman–Crippen LogP) is 2.60. The lowest BCUT2D eigenvalue weighted by Crippen LogP contribution is -2.51. The van der Waals surface area contributed by atoms with Crippen molar-refractivity contribution in [3.63, 3.8) is 0 Å². The van der Waals surface area contributed by atoms with Crippen molar-refractivity contribution >= 4 is 17.6 Å². The number of hydrogen-bond acceptors (Lipinski definition) is 2. The maximum atomic E-state index is 6.21. The van der Waals surface area contributed by atoms with Crippen LogP contribution in [0.3, 0.4) is 0 Å². The average Bonchev–Trinajstić information content (AvgIpc) is 2.41. The quantitative estimate of drug-likeness (QED) is 0.663. The molecule has 5 heteroatoms. The number of guanidine groups is 1. The van der Waals surface area contributed by atoms with E-state index in [2.05, 4.69) is 29.5 Å². The van der Waals surface area contributed by atoms with Crippen LogP contribution < -0.4 is 10.6 Å².